The standard InChI is InChI=1S/C21H35N5.HI/c1-2-22-20(26-17-13-21(18-26)11-5-3-6-12-21)25-16-9-8-15-24-19-10-4-7-14-23-19;/h4,7,10,14H,2-3,5-6,8-9,11-13,15-18H2,1H3,(H,22,25)(H,23,24);1H. The van der Waals surface area contributed by atoms with Crippen molar-refractivity contribution in [2.75, 3.05) is 38.0 Å². The monoisotopic (exact) mass is 485 g/mol. The molecular weight excluding hydrogens is 449 g/mol. The summed E-state index contributed by atoms with van der Waals surface area (Å²) in [4.78, 5) is 11.7. The van der Waals surface area contributed by atoms with Gasteiger partial charge in [-0.05, 0) is 56.6 Å². The molecule has 1 saturated carbocycles. The fourth-order valence-electron chi connectivity index (χ4n) is 4.36. The van der Waals surface area contributed by atoms with Crippen LogP contribution in [-0.2, 0) is 0 Å². The molecule has 0 radical (unpaired) electrons. The molecule has 2 aliphatic rings. The zero-order valence-corrected chi connectivity index (χ0v) is 19.1. The molecule has 1 aliphatic heterocycles. The number of rotatable bonds is 7. The molecule has 1 aromatic heterocycles. The van der Waals surface area contributed by atoms with Gasteiger partial charge in [0, 0.05) is 38.9 Å². The van der Waals surface area contributed by atoms with E-state index in [1.165, 1.54) is 51.6 Å². The first-order chi connectivity index (χ1) is 12.8. The van der Waals surface area contributed by atoms with Crippen LogP contribution in [0.4, 0.5) is 5.82 Å². The molecule has 3 rings (SSSR count). The first-order valence-electron chi connectivity index (χ1n) is 10.5. The lowest BCUT2D eigenvalue weighted by Crippen LogP contribution is -2.41. The average molecular weight is 485 g/mol. The number of anilines is 1. The van der Waals surface area contributed by atoms with Crippen LogP contribution in [0.25, 0.3) is 0 Å². The van der Waals surface area contributed by atoms with Gasteiger partial charge in [0.2, 0.25) is 0 Å². The SMILES string of the molecule is CCNC(=NCCCCNc1ccccn1)N1CCC2(CCCCC2)C1.I. The van der Waals surface area contributed by atoms with Crippen LogP contribution in [0.5, 0.6) is 0 Å². The minimum atomic E-state index is 0. The number of likely N-dealkylation sites (tertiary alicyclic amines) is 1. The lowest BCUT2D eigenvalue weighted by Gasteiger charge is -2.33. The Labute approximate surface area is 181 Å². The van der Waals surface area contributed by atoms with Gasteiger partial charge in [0.05, 0.1) is 0 Å². The van der Waals surface area contributed by atoms with Gasteiger partial charge in [-0.1, -0.05) is 25.3 Å². The Kier molecular flexibility index (Phi) is 9.65. The van der Waals surface area contributed by atoms with Gasteiger partial charge in [0.15, 0.2) is 5.96 Å². The summed E-state index contributed by atoms with van der Waals surface area (Å²) < 4.78 is 0. The van der Waals surface area contributed by atoms with Crippen molar-refractivity contribution in [3.05, 3.63) is 24.4 Å². The van der Waals surface area contributed by atoms with E-state index >= 15 is 0 Å². The van der Waals surface area contributed by atoms with Crippen molar-refractivity contribution in [3.8, 4) is 0 Å². The van der Waals surface area contributed by atoms with Gasteiger partial charge < -0.3 is 15.5 Å². The number of unbranched alkanes of at least 4 members (excludes halogenated alkanes) is 1. The number of hydrogen-bond acceptors (Lipinski definition) is 3. The van der Waals surface area contributed by atoms with E-state index in [2.05, 4.69) is 27.4 Å². The minimum Gasteiger partial charge on any atom is -0.370 e. The smallest absolute Gasteiger partial charge is 0.193 e. The molecule has 2 N–H and O–H groups in total. The van der Waals surface area contributed by atoms with E-state index in [0.717, 1.165) is 44.3 Å². The Morgan fingerprint density at radius 3 is 2.78 bits per heavy atom. The first kappa shape index (κ1) is 22.2. The van der Waals surface area contributed by atoms with Gasteiger partial charge in [0.1, 0.15) is 5.82 Å². The highest BCUT2D eigenvalue weighted by Crippen LogP contribution is 2.43. The van der Waals surface area contributed by atoms with Crippen LogP contribution in [0.15, 0.2) is 29.4 Å². The molecule has 0 atom stereocenters. The number of aliphatic imine (C=N–C) groups is 1. The minimum absolute atomic E-state index is 0. The highest BCUT2D eigenvalue weighted by molar-refractivity contribution is 14.0. The quantitative estimate of drug-likeness (QED) is 0.258. The molecule has 5 nitrogen and oxygen atoms in total. The van der Waals surface area contributed by atoms with Crippen LogP contribution in [-0.4, -0.2) is 48.6 Å². The largest absolute Gasteiger partial charge is 0.370 e. The second kappa shape index (κ2) is 11.7. The summed E-state index contributed by atoms with van der Waals surface area (Å²) >= 11 is 0. The lowest BCUT2D eigenvalue weighted by atomic mass is 9.73. The van der Waals surface area contributed by atoms with Crippen molar-refractivity contribution in [2.45, 2.75) is 58.3 Å². The maximum absolute atomic E-state index is 4.91. The van der Waals surface area contributed by atoms with Crippen LogP contribution in [0, 0.1) is 5.41 Å². The van der Waals surface area contributed by atoms with Gasteiger partial charge in [0.25, 0.3) is 0 Å². The van der Waals surface area contributed by atoms with Crippen LogP contribution in [0.2, 0.25) is 0 Å². The zero-order chi connectivity index (χ0) is 18.1. The highest BCUT2D eigenvalue weighted by atomic mass is 127. The van der Waals surface area contributed by atoms with Crippen molar-refractivity contribution in [2.24, 2.45) is 10.4 Å². The molecule has 0 aromatic carbocycles. The second-order valence-electron chi connectivity index (χ2n) is 7.82. The number of nitrogens with one attached hydrogen (secondary N) is 2. The van der Waals surface area contributed by atoms with E-state index in [4.69, 9.17) is 4.99 Å². The molecule has 1 spiro atoms. The fraction of sp³-hybridized carbons (Fsp3) is 0.714. The first-order valence-corrected chi connectivity index (χ1v) is 10.5. The molecule has 2 fully saturated rings. The van der Waals surface area contributed by atoms with E-state index < -0.39 is 0 Å². The van der Waals surface area contributed by atoms with Crippen molar-refractivity contribution in [3.63, 3.8) is 0 Å². The number of aromatic nitrogens is 1. The van der Waals surface area contributed by atoms with Gasteiger partial charge >= 0.3 is 0 Å². The number of pyridine rings is 1. The third kappa shape index (κ3) is 6.80. The summed E-state index contributed by atoms with van der Waals surface area (Å²) in [5, 5.41) is 6.88. The molecule has 0 amide bonds. The average Bonchev–Trinajstić information content (AvgIpc) is 3.08. The molecule has 152 valence electrons. The van der Waals surface area contributed by atoms with E-state index in [0.29, 0.717) is 5.41 Å². The molecule has 1 saturated heterocycles. The van der Waals surface area contributed by atoms with Crippen LogP contribution >= 0.6 is 24.0 Å². The van der Waals surface area contributed by atoms with Crippen molar-refractivity contribution in [1.82, 2.24) is 15.2 Å². The van der Waals surface area contributed by atoms with Gasteiger partial charge in [-0.25, -0.2) is 4.98 Å². The maximum atomic E-state index is 4.91. The Morgan fingerprint density at radius 2 is 2.04 bits per heavy atom. The lowest BCUT2D eigenvalue weighted by molar-refractivity contribution is 0.203. The third-order valence-electron chi connectivity index (χ3n) is 5.80. The van der Waals surface area contributed by atoms with E-state index in [1.54, 1.807) is 0 Å². The number of halogens is 1. The van der Waals surface area contributed by atoms with Crippen molar-refractivity contribution < 1.29 is 0 Å². The molecule has 1 aromatic rings. The summed E-state index contributed by atoms with van der Waals surface area (Å²) in [6.45, 7) is 7.35. The Balaban J connectivity index is 0.00000261. The Bertz CT molecular complexity index is 557. The second-order valence-corrected chi connectivity index (χ2v) is 7.82. The summed E-state index contributed by atoms with van der Waals surface area (Å²) in [6, 6.07) is 5.96. The number of hydrogen-bond donors (Lipinski definition) is 2. The fourth-order valence-corrected chi connectivity index (χ4v) is 4.36. The van der Waals surface area contributed by atoms with Crippen LogP contribution in [0.3, 0.4) is 0 Å². The number of nitrogens with zero attached hydrogens (tertiary/aromatic N) is 3. The Hall–Kier alpha value is -1.05. The zero-order valence-electron chi connectivity index (χ0n) is 16.8. The van der Waals surface area contributed by atoms with E-state index in [1.807, 2.05) is 24.4 Å². The van der Waals surface area contributed by atoms with E-state index in [-0.39, 0.29) is 24.0 Å². The number of guanidine groups is 1. The highest BCUT2D eigenvalue weighted by Gasteiger charge is 2.39. The van der Waals surface area contributed by atoms with Crippen LogP contribution < -0.4 is 10.6 Å². The van der Waals surface area contributed by atoms with Crippen molar-refractivity contribution >= 4 is 35.8 Å². The van der Waals surface area contributed by atoms with E-state index in [9.17, 15) is 0 Å². The molecule has 0 unspecified atom stereocenters. The third-order valence-corrected chi connectivity index (χ3v) is 5.80. The van der Waals surface area contributed by atoms with Gasteiger partial charge in [-0.2, -0.15) is 0 Å². The molecular formula is C21H36IN5. The maximum Gasteiger partial charge on any atom is 0.193 e. The summed E-state index contributed by atoms with van der Waals surface area (Å²) in [6.07, 6.45) is 12.5. The summed E-state index contributed by atoms with van der Waals surface area (Å²) in [7, 11) is 0. The van der Waals surface area contributed by atoms with Crippen LogP contribution in [0.1, 0.15) is 58.3 Å². The van der Waals surface area contributed by atoms with Crippen molar-refractivity contribution in [1.29, 1.82) is 0 Å². The molecule has 2 heterocycles. The van der Waals surface area contributed by atoms with Gasteiger partial charge in [-0.3, -0.25) is 4.99 Å². The topological polar surface area (TPSA) is 52.6 Å². The molecule has 27 heavy (non-hydrogen) atoms. The predicted octanol–water partition coefficient (Wildman–Crippen LogP) is 4.51. The summed E-state index contributed by atoms with van der Waals surface area (Å²) in [5.41, 5.74) is 0.584. The Morgan fingerprint density at radius 1 is 1.19 bits per heavy atom. The normalized spacial score (nSPS) is 19.0. The molecule has 6 heteroatoms. The molecule has 0 bridgehead atoms. The summed E-state index contributed by atoms with van der Waals surface area (Å²) in [5.74, 6) is 2.09. The van der Waals surface area contributed by atoms with Gasteiger partial charge in [-0.15, -0.1) is 24.0 Å². The molecule has 1 aliphatic carbocycles. The predicted molar refractivity (Wildman–Crippen MR) is 125 cm³/mol.